The van der Waals surface area contributed by atoms with Gasteiger partial charge in [-0.15, -0.1) is 0 Å². The molecule has 0 atom stereocenters. The van der Waals surface area contributed by atoms with E-state index in [0.717, 1.165) is 14.5 Å². The molecule has 0 saturated heterocycles. The van der Waals surface area contributed by atoms with Crippen LogP contribution in [0.2, 0.25) is 0 Å². The first-order valence-corrected chi connectivity index (χ1v) is 7.51. The predicted molar refractivity (Wildman–Crippen MR) is 87.5 cm³/mol. The van der Waals surface area contributed by atoms with Crippen molar-refractivity contribution in [3.63, 3.8) is 0 Å². The maximum atomic E-state index is 12.2. The number of halogens is 2. The molecule has 0 saturated carbocycles. The van der Waals surface area contributed by atoms with Gasteiger partial charge in [-0.3, -0.25) is 4.79 Å². The van der Waals surface area contributed by atoms with Crippen LogP contribution < -0.4 is 10.1 Å². The van der Waals surface area contributed by atoms with E-state index in [9.17, 15) is 4.79 Å². The van der Waals surface area contributed by atoms with E-state index in [-0.39, 0.29) is 5.91 Å². The van der Waals surface area contributed by atoms with Crippen molar-refractivity contribution >= 4 is 43.5 Å². The molecule has 0 aliphatic heterocycles. The molecule has 2 rings (SSSR count). The Labute approximate surface area is 134 Å². The summed E-state index contributed by atoms with van der Waals surface area (Å²) in [6.45, 7) is 1.95. The fraction of sp³-hybridized carbons (Fsp3) is 0.133. The van der Waals surface area contributed by atoms with Crippen LogP contribution >= 0.6 is 31.9 Å². The Morgan fingerprint density at radius 3 is 2.45 bits per heavy atom. The topological polar surface area (TPSA) is 38.3 Å². The summed E-state index contributed by atoms with van der Waals surface area (Å²) in [4.78, 5) is 12.2. The molecular formula is C15H13Br2NO2. The number of benzene rings is 2. The van der Waals surface area contributed by atoms with Gasteiger partial charge in [-0.1, -0.05) is 15.9 Å². The van der Waals surface area contributed by atoms with Gasteiger partial charge in [-0.2, -0.15) is 0 Å². The highest BCUT2D eigenvalue weighted by atomic mass is 79.9. The van der Waals surface area contributed by atoms with Crippen LogP contribution in [-0.4, -0.2) is 13.0 Å². The lowest BCUT2D eigenvalue weighted by Gasteiger charge is -2.09. The molecule has 0 spiro atoms. The maximum absolute atomic E-state index is 12.2. The van der Waals surface area contributed by atoms with Crippen LogP contribution in [0, 0.1) is 6.92 Å². The second kappa shape index (κ2) is 6.41. The minimum Gasteiger partial charge on any atom is -0.495 e. The Hall–Kier alpha value is -1.33. The van der Waals surface area contributed by atoms with Crippen molar-refractivity contribution < 1.29 is 9.53 Å². The van der Waals surface area contributed by atoms with Crippen molar-refractivity contribution in [3.05, 3.63) is 56.5 Å². The molecule has 104 valence electrons. The zero-order chi connectivity index (χ0) is 14.7. The van der Waals surface area contributed by atoms with E-state index < -0.39 is 0 Å². The van der Waals surface area contributed by atoms with Crippen LogP contribution in [0.1, 0.15) is 15.9 Å². The molecule has 0 unspecified atom stereocenters. The summed E-state index contributed by atoms with van der Waals surface area (Å²) in [5, 5.41) is 2.85. The van der Waals surface area contributed by atoms with Gasteiger partial charge in [0.1, 0.15) is 5.75 Å². The van der Waals surface area contributed by atoms with Gasteiger partial charge in [0.2, 0.25) is 0 Å². The van der Waals surface area contributed by atoms with Crippen molar-refractivity contribution in [2.24, 2.45) is 0 Å². The number of aryl methyl sites for hydroxylation is 1. The molecule has 0 fully saturated rings. The first-order valence-electron chi connectivity index (χ1n) is 5.92. The van der Waals surface area contributed by atoms with Crippen molar-refractivity contribution in [3.8, 4) is 5.75 Å². The normalized spacial score (nSPS) is 10.2. The summed E-state index contributed by atoms with van der Waals surface area (Å²) in [6, 6.07) is 10.9. The Kier molecular flexibility index (Phi) is 4.83. The van der Waals surface area contributed by atoms with E-state index in [1.807, 2.05) is 31.2 Å². The van der Waals surface area contributed by atoms with E-state index >= 15 is 0 Å². The fourth-order valence-corrected chi connectivity index (χ4v) is 2.38. The van der Waals surface area contributed by atoms with Crippen LogP contribution in [0.25, 0.3) is 0 Å². The molecule has 2 aromatic rings. The number of methoxy groups -OCH3 is 1. The Bertz CT molecular complexity index is 656. The molecule has 3 nitrogen and oxygen atoms in total. The molecule has 5 heteroatoms. The van der Waals surface area contributed by atoms with Gasteiger partial charge in [0, 0.05) is 21.8 Å². The van der Waals surface area contributed by atoms with Gasteiger partial charge in [0.25, 0.3) is 5.91 Å². The minimum atomic E-state index is -0.148. The van der Waals surface area contributed by atoms with Gasteiger partial charge in [0.15, 0.2) is 0 Å². The molecule has 0 heterocycles. The van der Waals surface area contributed by atoms with E-state index in [2.05, 4.69) is 37.2 Å². The number of carbonyl (C=O) groups excluding carboxylic acids is 1. The highest BCUT2D eigenvalue weighted by Crippen LogP contribution is 2.28. The number of nitrogens with one attached hydrogen (secondary N) is 1. The predicted octanol–water partition coefficient (Wildman–Crippen LogP) is 4.78. The SMILES string of the molecule is COc1cc(NC(=O)c2ccc(Br)c(C)c2)ccc1Br. The average Bonchev–Trinajstić information content (AvgIpc) is 2.43. The van der Waals surface area contributed by atoms with Crippen LogP contribution in [0.3, 0.4) is 0 Å². The lowest BCUT2D eigenvalue weighted by atomic mass is 10.1. The summed E-state index contributed by atoms with van der Waals surface area (Å²) in [5.74, 6) is 0.528. The number of hydrogen-bond donors (Lipinski definition) is 1. The standard InChI is InChI=1S/C15H13Br2NO2/c1-9-7-10(3-5-12(9)16)15(19)18-11-4-6-13(17)14(8-11)20-2/h3-8H,1-2H3,(H,18,19). The second-order valence-corrected chi connectivity index (χ2v) is 5.98. The van der Waals surface area contributed by atoms with Gasteiger partial charge >= 0.3 is 0 Å². The minimum absolute atomic E-state index is 0.148. The first-order chi connectivity index (χ1) is 9.51. The molecule has 1 N–H and O–H groups in total. The number of anilines is 1. The van der Waals surface area contributed by atoms with E-state index in [1.54, 1.807) is 19.2 Å². The Morgan fingerprint density at radius 1 is 1.10 bits per heavy atom. The maximum Gasteiger partial charge on any atom is 0.255 e. The van der Waals surface area contributed by atoms with Gasteiger partial charge in [0.05, 0.1) is 11.6 Å². The molecule has 0 aliphatic rings. The number of amides is 1. The monoisotopic (exact) mass is 397 g/mol. The molecular weight excluding hydrogens is 386 g/mol. The summed E-state index contributed by atoms with van der Waals surface area (Å²) in [6.07, 6.45) is 0. The first kappa shape index (κ1) is 15.1. The average molecular weight is 399 g/mol. The molecule has 0 radical (unpaired) electrons. The Balaban J connectivity index is 2.21. The third-order valence-electron chi connectivity index (χ3n) is 2.83. The van der Waals surface area contributed by atoms with E-state index in [1.165, 1.54) is 0 Å². The van der Waals surface area contributed by atoms with Crippen LogP contribution in [0.5, 0.6) is 5.75 Å². The summed E-state index contributed by atoms with van der Waals surface area (Å²) < 4.78 is 7.03. The number of carbonyl (C=O) groups is 1. The van der Waals surface area contributed by atoms with E-state index in [0.29, 0.717) is 17.0 Å². The lowest BCUT2D eigenvalue weighted by Crippen LogP contribution is -2.12. The lowest BCUT2D eigenvalue weighted by molar-refractivity contribution is 0.102. The Morgan fingerprint density at radius 2 is 1.80 bits per heavy atom. The molecule has 2 aromatic carbocycles. The molecule has 0 bridgehead atoms. The van der Waals surface area contributed by atoms with Gasteiger partial charge in [-0.25, -0.2) is 0 Å². The van der Waals surface area contributed by atoms with Crippen LogP contribution in [-0.2, 0) is 0 Å². The highest BCUT2D eigenvalue weighted by Gasteiger charge is 2.09. The largest absolute Gasteiger partial charge is 0.495 e. The van der Waals surface area contributed by atoms with Gasteiger partial charge < -0.3 is 10.1 Å². The summed E-state index contributed by atoms with van der Waals surface area (Å²) in [7, 11) is 1.59. The molecule has 0 aromatic heterocycles. The quantitative estimate of drug-likeness (QED) is 0.807. The summed E-state index contributed by atoms with van der Waals surface area (Å²) >= 11 is 6.80. The van der Waals surface area contributed by atoms with Crippen LogP contribution in [0.15, 0.2) is 45.3 Å². The van der Waals surface area contributed by atoms with E-state index in [4.69, 9.17) is 4.74 Å². The third kappa shape index (κ3) is 3.41. The molecule has 1 amide bonds. The number of ether oxygens (including phenoxy) is 1. The number of hydrogen-bond acceptors (Lipinski definition) is 2. The number of rotatable bonds is 3. The zero-order valence-corrected chi connectivity index (χ0v) is 14.2. The van der Waals surface area contributed by atoms with Gasteiger partial charge in [-0.05, 0) is 58.7 Å². The van der Waals surface area contributed by atoms with Crippen molar-refractivity contribution in [1.82, 2.24) is 0 Å². The summed E-state index contributed by atoms with van der Waals surface area (Å²) in [5.41, 5.74) is 2.33. The second-order valence-electron chi connectivity index (χ2n) is 4.27. The molecule has 20 heavy (non-hydrogen) atoms. The smallest absolute Gasteiger partial charge is 0.255 e. The fourth-order valence-electron chi connectivity index (χ4n) is 1.73. The van der Waals surface area contributed by atoms with Crippen molar-refractivity contribution in [1.29, 1.82) is 0 Å². The molecule has 0 aliphatic carbocycles. The zero-order valence-electron chi connectivity index (χ0n) is 11.0. The highest BCUT2D eigenvalue weighted by molar-refractivity contribution is 9.10. The van der Waals surface area contributed by atoms with Crippen molar-refractivity contribution in [2.75, 3.05) is 12.4 Å². The van der Waals surface area contributed by atoms with Crippen molar-refractivity contribution in [2.45, 2.75) is 6.92 Å². The third-order valence-corrected chi connectivity index (χ3v) is 4.37. The van der Waals surface area contributed by atoms with Crippen LogP contribution in [0.4, 0.5) is 5.69 Å².